The number of urea groups is 1. The maximum absolute atomic E-state index is 13.5. The predicted molar refractivity (Wildman–Crippen MR) is 160 cm³/mol. The van der Waals surface area contributed by atoms with E-state index in [1.807, 2.05) is 36.4 Å². The molecule has 41 heavy (non-hydrogen) atoms. The van der Waals surface area contributed by atoms with Gasteiger partial charge in [-0.2, -0.15) is 0 Å². The quantitative estimate of drug-likeness (QED) is 0.267. The number of carbonyl (C=O) groups excluding carboxylic acids is 3. The van der Waals surface area contributed by atoms with Crippen LogP contribution < -0.4 is 21.3 Å². The van der Waals surface area contributed by atoms with Gasteiger partial charge in [0.25, 0.3) is 5.91 Å². The molecule has 4 N–H and O–H groups in total. The number of amides is 3. The summed E-state index contributed by atoms with van der Waals surface area (Å²) >= 11 is 13.1. The Labute approximate surface area is 249 Å². The van der Waals surface area contributed by atoms with Gasteiger partial charge in [0.1, 0.15) is 0 Å². The molecule has 0 aromatic heterocycles. The molecule has 8 nitrogen and oxygen atoms in total. The summed E-state index contributed by atoms with van der Waals surface area (Å²) in [5.74, 6) is -1.40. The highest BCUT2D eigenvalue weighted by Gasteiger charge is 2.38. The Morgan fingerprint density at radius 3 is 2.29 bits per heavy atom. The Bertz CT molecular complexity index is 1470. The van der Waals surface area contributed by atoms with Crippen molar-refractivity contribution in [1.29, 1.82) is 0 Å². The molecule has 0 bridgehead atoms. The van der Waals surface area contributed by atoms with E-state index < -0.39 is 23.4 Å². The molecule has 2 aliphatic carbocycles. The average molecular weight is 596 g/mol. The van der Waals surface area contributed by atoms with E-state index in [9.17, 15) is 14.4 Å². The number of rotatable bonds is 8. The Kier molecular flexibility index (Phi) is 8.42. The van der Waals surface area contributed by atoms with Crippen molar-refractivity contribution in [2.24, 2.45) is 0 Å². The zero-order chi connectivity index (χ0) is 29.1. The first-order chi connectivity index (χ1) is 19.7. The molecule has 0 saturated heterocycles. The van der Waals surface area contributed by atoms with Gasteiger partial charge in [-0.05, 0) is 67.0 Å². The molecule has 3 amide bonds. The van der Waals surface area contributed by atoms with Crippen LogP contribution >= 0.6 is 23.2 Å². The third kappa shape index (κ3) is 6.14. The molecule has 0 radical (unpaired) electrons. The Morgan fingerprint density at radius 2 is 1.61 bits per heavy atom. The van der Waals surface area contributed by atoms with Gasteiger partial charge in [0.2, 0.25) is 0 Å². The molecule has 0 saturated carbocycles. The number of ether oxygens (including phenoxy) is 1. The van der Waals surface area contributed by atoms with Crippen molar-refractivity contribution in [2.45, 2.75) is 50.2 Å². The van der Waals surface area contributed by atoms with Gasteiger partial charge >= 0.3 is 12.0 Å². The number of fused-ring (bicyclic) bond motifs is 2. The number of nitrogens with one attached hydrogen (secondary N) is 4. The zero-order valence-corrected chi connectivity index (χ0v) is 24.4. The maximum Gasteiger partial charge on any atom is 0.333 e. The van der Waals surface area contributed by atoms with E-state index in [1.165, 1.54) is 30.7 Å². The Hall–Kier alpha value is -3.75. The van der Waals surface area contributed by atoms with Gasteiger partial charge in [0.05, 0.1) is 41.0 Å². The van der Waals surface area contributed by atoms with E-state index in [0.717, 1.165) is 31.2 Å². The van der Waals surface area contributed by atoms with Gasteiger partial charge in [-0.3, -0.25) is 4.79 Å². The van der Waals surface area contributed by atoms with Gasteiger partial charge in [0.15, 0.2) is 5.54 Å². The fourth-order valence-corrected chi connectivity index (χ4v) is 6.23. The van der Waals surface area contributed by atoms with Gasteiger partial charge in [-0.25, -0.2) is 9.59 Å². The lowest BCUT2D eigenvalue weighted by Gasteiger charge is -2.29. The summed E-state index contributed by atoms with van der Waals surface area (Å²) in [5.41, 5.74) is 3.81. The SMILES string of the molecule is COC(=O)[C@@](C)(CNC(=O)N[C@@H]1CCc2ccccc21)NC(=O)c1c(Cl)ccc(NC2Cc3ccccc3C2)c1Cl. The predicted octanol–water partition coefficient (Wildman–Crippen LogP) is 5.22. The summed E-state index contributed by atoms with van der Waals surface area (Å²) in [6.45, 7) is 1.25. The number of esters is 1. The van der Waals surface area contributed by atoms with Crippen LogP contribution in [0.5, 0.6) is 0 Å². The average Bonchev–Trinajstić information content (AvgIpc) is 3.56. The number of hydrogen-bond donors (Lipinski definition) is 4. The molecule has 3 aromatic carbocycles. The lowest BCUT2D eigenvalue weighted by molar-refractivity contribution is -0.147. The highest BCUT2D eigenvalue weighted by Crippen LogP contribution is 2.34. The van der Waals surface area contributed by atoms with E-state index in [-0.39, 0.29) is 34.2 Å². The monoisotopic (exact) mass is 594 g/mol. The van der Waals surface area contributed by atoms with Gasteiger partial charge in [-0.15, -0.1) is 0 Å². The van der Waals surface area contributed by atoms with Crippen LogP contribution in [-0.4, -0.2) is 43.1 Å². The van der Waals surface area contributed by atoms with Crippen molar-refractivity contribution < 1.29 is 19.1 Å². The second-order valence-electron chi connectivity index (χ2n) is 10.7. The van der Waals surface area contributed by atoms with Crippen molar-refractivity contribution >= 4 is 46.8 Å². The van der Waals surface area contributed by atoms with E-state index in [2.05, 4.69) is 33.4 Å². The van der Waals surface area contributed by atoms with Gasteiger partial charge in [-0.1, -0.05) is 71.7 Å². The second-order valence-corrected chi connectivity index (χ2v) is 11.5. The number of halogens is 2. The third-order valence-corrected chi connectivity index (χ3v) is 8.50. The standard InChI is InChI=1S/C31H32Cl2N4O4/c1-31(29(39)41-2,17-34-30(40)36-24-13-11-18-7-5-6-10-22(18)24)37-28(38)26-23(32)12-14-25(27(26)33)35-21-15-19-8-3-4-9-20(19)16-21/h3-10,12,14,21,24,35H,11,13,15-17H2,1-2H3,(H,37,38)(H2,34,36,40)/t24-,31-/m1/s1. The molecule has 3 aromatic rings. The highest BCUT2D eigenvalue weighted by molar-refractivity contribution is 6.41. The molecule has 0 unspecified atom stereocenters. The number of anilines is 1. The summed E-state index contributed by atoms with van der Waals surface area (Å²) in [6, 6.07) is 19.0. The molecule has 2 aliphatic rings. The Morgan fingerprint density at radius 1 is 0.951 bits per heavy atom. The van der Waals surface area contributed by atoms with Crippen molar-refractivity contribution in [3.8, 4) is 0 Å². The van der Waals surface area contributed by atoms with Crippen LogP contribution in [0.3, 0.4) is 0 Å². The van der Waals surface area contributed by atoms with Crippen LogP contribution in [0.25, 0.3) is 0 Å². The molecule has 5 rings (SSSR count). The summed E-state index contributed by atoms with van der Waals surface area (Å²) in [7, 11) is 1.21. The molecule has 10 heteroatoms. The van der Waals surface area contributed by atoms with E-state index in [4.69, 9.17) is 27.9 Å². The summed E-state index contributed by atoms with van der Waals surface area (Å²) < 4.78 is 4.96. The van der Waals surface area contributed by atoms with Crippen LogP contribution in [0.4, 0.5) is 10.5 Å². The molecular formula is C31H32Cl2N4O4. The minimum absolute atomic E-state index is 0.0241. The summed E-state index contributed by atoms with van der Waals surface area (Å²) in [4.78, 5) is 39.1. The van der Waals surface area contributed by atoms with Crippen LogP contribution in [0.15, 0.2) is 60.7 Å². The normalized spacial score (nSPS) is 17.1. The van der Waals surface area contributed by atoms with E-state index >= 15 is 0 Å². The van der Waals surface area contributed by atoms with Crippen LogP contribution in [-0.2, 0) is 28.8 Å². The number of aryl methyl sites for hydroxylation is 1. The second kappa shape index (κ2) is 12.0. The lowest BCUT2D eigenvalue weighted by Crippen LogP contribution is -2.60. The van der Waals surface area contributed by atoms with Gasteiger partial charge < -0.3 is 26.0 Å². The molecule has 0 spiro atoms. The van der Waals surface area contributed by atoms with Crippen molar-refractivity contribution in [2.75, 3.05) is 19.0 Å². The molecule has 214 valence electrons. The topological polar surface area (TPSA) is 109 Å². The fourth-order valence-electron chi connectivity index (χ4n) is 5.63. The third-order valence-electron chi connectivity index (χ3n) is 7.79. The van der Waals surface area contributed by atoms with Crippen molar-refractivity contribution in [3.63, 3.8) is 0 Å². The fraction of sp³-hybridized carbons (Fsp3) is 0.323. The van der Waals surface area contributed by atoms with Crippen LogP contribution in [0, 0.1) is 0 Å². The first kappa shape index (κ1) is 28.8. The van der Waals surface area contributed by atoms with Crippen molar-refractivity contribution in [1.82, 2.24) is 16.0 Å². The molecule has 0 heterocycles. The zero-order valence-electron chi connectivity index (χ0n) is 22.9. The summed E-state index contributed by atoms with van der Waals surface area (Å²) in [5, 5.41) is 12.0. The molecular weight excluding hydrogens is 563 g/mol. The summed E-state index contributed by atoms with van der Waals surface area (Å²) in [6.07, 6.45) is 3.32. The first-order valence-corrected chi connectivity index (χ1v) is 14.3. The molecule has 2 atom stereocenters. The van der Waals surface area contributed by atoms with E-state index in [0.29, 0.717) is 5.69 Å². The molecule has 0 fully saturated rings. The van der Waals surface area contributed by atoms with Gasteiger partial charge in [0, 0.05) is 6.04 Å². The highest BCUT2D eigenvalue weighted by atomic mass is 35.5. The number of hydrogen-bond acceptors (Lipinski definition) is 5. The minimum atomic E-state index is -1.60. The van der Waals surface area contributed by atoms with E-state index in [1.54, 1.807) is 12.1 Å². The molecule has 0 aliphatic heterocycles. The smallest absolute Gasteiger partial charge is 0.333 e. The Balaban J connectivity index is 1.26. The number of carbonyl (C=O) groups is 3. The van der Waals surface area contributed by atoms with Crippen molar-refractivity contribution in [3.05, 3.63) is 98.5 Å². The minimum Gasteiger partial charge on any atom is -0.467 e. The largest absolute Gasteiger partial charge is 0.467 e. The maximum atomic E-state index is 13.5. The number of benzene rings is 3. The number of methoxy groups -OCH3 is 1. The first-order valence-electron chi connectivity index (χ1n) is 13.5. The van der Waals surface area contributed by atoms with Crippen LogP contribution in [0.1, 0.15) is 52.0 Å². The lowest BCUT2D eigenvalue weighted by atomic mass is 10.0. The van der Waals surface area contributed by atoms with Crippen LogP contribution in [0.2, 0.25) is 10.0 Å².